The van der Waals surface area contributed by atoms with Crippen molar-refractivity contribution in [3.8, 4) is 11.8 Å². The van der Waals surface area contributed by atoms with Crippen molar-refractivity contribution >= 4 is 11.8 Å². The summed E-state index contributed by atoms with van der Waals surface area (Å²) in [6.45, 7) is 2.09. The Morgan fingerprint density at radius 2 is 2.06 bits per heavy atom. The third kappa shape index (κ3) is 4.42. The number of thioether (sulfide) groups is 1. The van der Waals surface area contributed by atoms with Gasteiger partial charge in [0.25, 0.3) is 0 Å². The smallest absolute Gasteiger partial charge is 0.0256 e. The fraction of sp³-hybridized carbons (Fsp3) is 0.529. The Kier molecular flexibility index (Phi) is 5.68. The monoisotopic (exact) mass is 258 g/mol. The SMILES string of the molecule is CCC#Cc1cccc(SCC2CCCCC2)c1. The van der Waals surface area contributed by atoms with Gasteiger partial charge in [-0.25, -0.2) is 0 Å². The van der Waals surface area contributed by atoms with Crippen molar-refractivity contribution in [3.05, 3.63) is 29.8 Å². The van der Waals surface area contributed by atoms with Crippen molar-refractivity contribution < 1.29 is 0 Å². The maximum atomic E-state index is 3.21. The fourth-order valence-electron chi connectivity index (χ4n) is 2.42. The van der Waals surface area contributed by atoms with Gasteiger partial charge in [0.2, 0.25) is 0 Å². The molecule has 1 aliphatic carbocycles. The molecule has 0 aromatic heterocycles. The van der Waals surface area contributed by atoms with Crippen LogP contribution in [0.1, 0.15) is 51.0 Å². The molecule has 0 amide bonds. The molecule has 1 aromatic rings. The summed E-state index contributed by atoms with van der Waals surface area (Å²) in [7, 11) is 0. The number of hydrogen-bond acceptors (Lipinski definition) is 1. The van der Waals surface area contributed by atoms with Crippen LogP contribution in [0.2, 0.25) is 0 Å². The predicted octanol–water partition coefficient (Wildman–Crippen LogP) is 5.12. The molecule has 0 heterocycles. The Morgan fingerprint density at radius 3 is 2.83 bits per heavy atom. The van der Waals surface area contributed by atoms with Gasteiger partial charge in [0.15, 0.2) is 0 Å². The van der Waals surface area contributed by atoms with Gasteiger partial charge in [0.05, 0.1) is 0 Å². The van der Waals surface area contributed by atoms with Gasteiger partial charge in [-0.05, 0) is 37.0 Å². The van der Waals surface area contributed by atoms with E-state index in [2.05, 4.69) is 43.0 Å². The van der Waals surface area contributed by atoms with E-state index in [9.17, 15) is 0 Å². The minimum Gasteiger partial charge on any atom is -0.126 e. The zero-order chi connectivity index (χ0) is 12.6. The molecular formula is C17H22S. The van der Waals surface area contributed by atoms with E-state index < -0.39 is 0 Å². The quantitative estimate of drug-likeness (QED) is 0.535. The van der Waals surface area contributed by atoms with Gasteiger partial charge in [-0.2, -0.15) is 0 Å². The Labute approximate surface area is 116 Å². The van der Waals surface area contributed by atoms with E-state index in [0.717, 1.165) is 17.9 Å². The van der Waals surface area contributed by atoms with Crippen molar-refractivity contribution in [1.29, 1.82) is 0 Å². The third-order valence-electron chi connectivity index (χ3n) is 3.45. The lowest BCUT2D eigenvalue weighted by molar-refractivity contribution is 0.391. The minimum atomic E-state index is 0.930. The second-order valence-electron chi connectivity index (χ2n) is 5.00. The summed E-state index contributed by atoms with van der Waals surface area (Å²) < 4.78 is 0. The molecule has 1 aromatic carbocycles. The molecule has 18 heavy (non-hydrogen) atoms. The highest BCUT2D eigenvalue weighted by atomic mass is 32.2. The predicted molar refractivity (Wildman–Crippen MR) is 80.9 cm³/mol. The van der Waals surface area contributed by atoms with E-state index >= 15 is 0 Å². The van der Waals surface area contributed by atoms with Crippen molar-refractivity contribution in [2.24, 2.45) is 5.92 Å². The lowest BCUT2D eigenvalue weighted by Gasteiger charge is -2.20. The second kappa shape index (κ2) is 7.54. The normalized spacial score (nSPS) is 16.1. The van der Waals surface area contributed by atoms with Crippen LogP contribution in [0.5, 0.6) is 0 Å². The van der Waals surface area contributed by atoms with Gasteiger partial charge < -0.3 is 0 Å². The van der Waals surface area contributed by atoms with E-state index in [1.54, 1.807) is 0 Å². The molecule has 2 rings (SSSR count). The van der Waals surface area contributed by atoms with Crippen LogP contribution in [0.3, 0.4) is 0 Å². The molecular weight excluding hydrogens is 236 g/mol. The van der Waals surface area contributed by atoms with Crippen LogP contribution in [-0.2, 0) is 0 Å². The lowest BCUT2D eigenvalue weighted by atomic mass is 9.91. The van der Waals surface area contributed by atoms with Gasteiger partial charge in [0, 0.05) is 22.6 Å². The summed E-state index contributed by atoms with van der Waals surface area (Å²) in [6, 6.07) is 8.68. The molecule has 1 heteroatoms. The summed E-state index contributed by atoms with van der Waals surface area (Å²) in [5.41, 5.74) is 1.16. The first kappa shape index (κ1) is 13.6. The standard InChI is InChI=1S/C17H22S/c1-2-3-8-15-11-7-12-17(13-15)18-14-16-9-5-4-6-10-16/h7,11-13,16H,2,4-6,9-10,14H2,1H3. The molecule has 0 spiro atoms. The summed E-state index contributed by atoms with van der Waals surface area (Å²) in [5.74, 6) is 8.57. The van der Waals surface area contributed by atoms with Gasteiger partial charge in [-0.3, -0.25) is 0 Å². The molecule has 1 fully saturated rings. The zero-order valence-electron chi connectivity index (χ0n) is 11.2. The highest BCUT2D eigenvalue weighted by Crippen LogP contribution is 2.30. The van der Waals surface area contributed by atoms with Crippen LogP contribution in [0.15, 0.2) is 29.2 Å². The van der Waals surface area contributed by atoms with E-state index in [1.807, 2.05) is 11.8 Å². The maximum absolute atomic E-state index is 3.21. The molecule has 96 valence electrons. The highest BCUT2D eigenvalue weighted by Gasteiger charge is 2.13. The molecule has 1 saturated carbocycles. The molecule has 0 atom stereocenters. The fourth-order valence-corrected chi connectivity index (χ4v) is 3.57. The first-order valence-corrected chi connectivity index (χ1v) is 8.09. The van der Waals surface area contributed by atoms with Gasteiger partial charge in [-0.1, -0.05) is 44.1 Å². The zero-order valence-corrected chi connectivity index (χ0v) is 12.1. The van der Waals surface area contributed by atoms with Crippen LogP contribution in [0, 0.1) is 17.8 Å². The third-order valence-corrected chi connectivity index (χ3v) is 4.68. The second-order valence-corrected chi connectivity index (χ2v) is 6.09. The van der Waals surface area contributed by atoms with Crippen molar-refractivity contribution in [1.82, 2.24) is 0 Å². The minimum absolute atomic E-state index is 0.930. The number of hydrogen-bond donors (Lipinski definition) is 0. The number of rotatable bonds is 3. The molecule has 0 N–H and O–H groups in total. The highest BCUT2D eigenvalue weighted by molar-refractivity contribution is 7.99. The van der Waals surface area contributed by atoms with Crippen LogP contribution in [-0.4, -0.2) is 5.75 Å². The average Bonchev–Trinajstić information content (AvgIpc) is 2.44. The summed E-state index contributed by atoms with van der Waals surface area (Å²) >= 11 is 2.01. The average molecular weight is 258 g/mol. The molecule has 0 radical (unpaired) electrons. The maximum Gasteiger partial charge on any atom is 0.0256 e. The van der Waals surface area contributed by atoms with E-state index in [0.29, 0.717) is 0 Å². The van der Waals surface area contributed by atoms with Crippen molar-refractivity contribution in [2.75, 3.05) is 5.75 Å². The summed E-state index contributed by atoms with van der Waals surface area (Å²) in [6.07, 6.45) is 8.12. The van der Waals surface area contributed by atoms with Crippen LogP contribution in [0.4, 0.5) is 0 Å². The van der Waals surface area contributed by atoms with Crippen LogP contribution >= 0.6 is 11.8 Å². The first-order valence-electron chi connectivity index (χ1n) is 7.10. The van der Waals surface area contributed by atoms with Crippen LogP contribution < -0.4 is 0 Å². The first-order chi connectivity index (χ1) is 8.88. The van der Waals surface area contributed by atoms with Crippen molar-refractivity contribution in [3.63, 3.8) is 0 Å². The molecule has 0 bridgehead atoms. The largest absolute Gasteiger partial charge is 0.126 e. The molecule has 0 nitrogen and oxygen atoms in total. The molecule has 0 unspecified atom stereocenters. The Hall–Kier alpha value is -0.870. The summed E-state index contributed by atoms with van der Waals surface area (Å²) in [5, 5.41) is 0. The topological polar surface area (TPSA) is 0 Å². The Bertz CT molecular complexity index is 419. The molecule has 0 saturated heterocycles. The van der Waals surface area contributed by atoms with Gasteiger partial charge in [-0.15, -0.1) is 11.8 Å². The molecule has 0 aliphatic heterocycles. The van der Waals surface area contributed by atoms with E-state index in [4.69, 9.17) is 0 Å². The molecule has 1 aliphatic rings. The summed E-state index contributed by atoms with van der Waals surface area (Å²) in [4.78, 5) is 1.38. The van der Waals surface area contributed by atoms with Gasteiger partial charge in [0.1, 0.15) is 0 Å². The number of benzene rings is 1. The van der Waals surface area contributed by atoms with E-state index in [1.165, 1.54) is 42.8 Å². The van der Waals surface area contributed by atoms with Gasteiger partial charge >= 0.3 is 0 Å². The Morgan fingerprint density at radius 1 is 1.22 bits per heavy atom. The lowest BCUT2D eigenvalue weighted by Crippen LogP contribution is -2.08. The Balaban J connectivity index is 1.88. The van der Waals surface area contributed by atoms with Crippen LogP contribution in [0.25, 0.3) is 0 Å². The van der Waals surface area contributed by atoms with Crippen molar-refractivity contribution in [2.45, 2.75) is 50.3 Å². The van der Waals surface area contributed by atoms with E-state index in [-0.39, 0.29) is 0 Å².